The van der Waals surface area contributed by atoms with Crippen LogP contribution in [-0.2, 0) is 9.59 Å². The number of carbonyl (C=O) groups is 2. The maximum atomic E-state index is 11.2. The molecule has 3 nitrogen and oxygen atoms in total. The van der Waals surface area contributed by atoms with E-state index in [1.54, 1.807) is 12.2 Å². The summed E-state index contributed by atoms with van der Waals surface area (Å²) in [4.78, 5) is 22.2. The molecule has 0 aliphatic rings. The van der Waals surface area contributed by atoms with Gasteiger partial charge in [-0.05, 0) is 33.3 Å². The SMILES string of the molecule is C/C=C/C(=O)CCCC(=O)NC(C)C. The molecule has 3 heteroatoms. The van der Waals surface area contributed by atoms with Crippen LogP contribution in [0, 0.1) is 0 Å². The Balaban J connectivity index is 3.54. The Morgan fingerprint density at radius 2 is 1.93 bits per heavy atom. The topological polar surface area (TPSA) is 46.2 Å². The van der Waals surface area contributed by atoms with Gasteiger partial charge in [-0.25, -0.2) is 0 Å². The number of rotatable bonds is 6. The Bertz CT molecular complexity index is 219. The number of nitrogens with one attached hydrogen (secondary N) is 1. The number of allylic oxidation sites excluding steroid dienone is 2. The summed E-state index contributed by atoms with van der Waals surface area (Å²) in [6, 6.07) is 0.175. The minimum absolute atomic E-state index is 0.0216. The standard InChI is InChI=1S/C11H19NO2/c1-4-6-10(13)7-5-8-11(14)12-9(2)3/h4,6,9H,5,7-8H2,1-3H3,(H,12,14)/b6-4+. The van der Waals surface area contributed by atoms with Crippen LogP contribution in [0.25, 0.3) is 0 Å². The van der Waals surface area contributed by atoms with E-state index in [0.717, 1.165) is 0 Å². The molecule has 0 aliphatic carbocycles. The Kier molecular flexibility index (Phi) is 6.72. The zero-order valence-corrected chi connectivity index (χ0v) is 9.17. The van der Waals surface area contributed by atoms with E-state index in [0.29, 0.717) is 19.3 Å². The summed E-state index contributed by atoms with van der Waals surface area (Å²) in [5, 5.41) is 2.78. The molecule has 0 aromatic rings. The first-order valence-corrected chi connectivity index (χ1v) is 5.01. The monoisotopic (exact) mass is 197 g/mol. The second-order valence-electron chi connectivity index (χ2n) is 3.54. The van der Waals surface area contributed by atoms with Gasteiger partial charge in [-0.1, -0.05) is 6.08 Å². The quantitative estimate of drug-likeness (QED) is 0.660. The highest BCUT2D eigenvalue weighted by atomic mass is 16.1. The third-order valence-electron chi connectivity index (χ3n) is 1.63. The Labute approximate surface area is 85.6 Å². The molecule has 0 spiro atoms. The van der Waals surface area contributed by atoms with E-state index in [-0.39, 0.29) is 17.7 Å². The molecule has 1 N–H and O–H groups in total. The van der Waals surface area contributed by atoms with Gasteiger partial charge in [-0.3, -0.25) is 9.59 Å². The zero-order chi connectivity index (χ0) is 11.0. The van der Waals surface area contributed by atoms with Crippen molar-refractivity contribution in [3.8, 4) is 0 Å². The summed E-state index contributed by atoms with van der Waals surface area (Å²) in [6.07, 6.45) is 4.77. The van der Waals surface area contributed by atoms with Gasteiger partial charge < -0.3 is 5.32 Å². The minimum atomic E-state index is 0.0216. The van der Waals surface area contributed by atoms with Gasteiger partial charge in [0.2, 0.25) is 5.91 Å². The summed E-state index contributed by atoms with van der Waals surface area (Å²) in [6.45, 7) is 5.65. The molecule has 0 atom stereocenters. The first-order chi connectivity index (χ1) is 6.56. The molecular formula is C11H19NO2. The molecular weight excluding hydrogens is 178 g/mol. The number of ketones is 1. The van der Waals surface area contributed by atoms with Gasteiger partial charge in [0, 0.05) is 18.9 Å². The van der Waals surface area contributed by atoms with Crippen molar-refractivity contribution in [2.45, 2.75) is 46.1 Å². The van der Waals surface area contributed by atoms with Crippen molar-refractivity contribution in [2.75, 3.05) is 0 Å². The molecule has 0 bridgehead atoms. The molecule has 0 rings (SSSR count). The van der Waals surface area contributed by atoms with Crippen LogP contribution in [0.3, 0.4) is 0 Å². The van der Waals surface area contributed by atoms with Crippen LogP contribution in [0.15, 0.2) is 12.2 Å². The van der Waals surface area contributed by atoms with E-state index >= 15 is 0 Å². The average molecular weight is 197 g/mol. The molecule has 0 saturated heterocycles. The maximum absolute atomic E-state index is 11.2. The van der Waals surface area contributed by atoms with Crippen molar-refractivity contribution < 1.29 is 9.59 Å². The lowest BCUT2D eigenvalue weighted by Crippen LogP contribution is -2.29. The highest BCUT2D eigenvalue weighted by Gasteiger charge is 2.03. The predicted octanol–water partition coefficient (Wildman–Crippen LogP) is 1.83. The summed E-state index contributed by atoms with van der Waals surface area (Å²) >= 11 is 0. The molecule has 0 radical (unpaired) electrons. The Morgan fingerprint density at radius 1 is 1.29 bits per heavy atom. The van der Waals surface area contributed by atoms with Gasteiger partial charge in [-0.2, -0.15) is 0 Å². The van der Waals surface area contributed by atoms with Crippen LogP contribution in [-0.4, -0.2) is 17.7 Å². The summed E-state index contributed by atoms with van der Waals surface area (Å²) in [5.41, 5.74) is 0. The van der Waals surface area contributed by atoms with Gasteiger partial charge in [0.05, 0.1) is 0 Å². The van der Waals surface area contributed by atoms with Gasteiger partial charge >= 0.3 is 0 Å². The lowest BCUT2D eigenvalue weighted by Gasteiger charge is -2.06. The second kappa shape index (κ2) is 7.30. The molecule has 1 amide bonds. The average Bonchev–Trinajstić information content (AvgIpc) is 2.02. The molecule has 0 fully saturated rings. The zero-order valence-electron chi connectivity index (χ0n) is 9.17. The molecule has 80 valence electrons. The van der Waals surface area contributed by atoms with Gasteiger partial charge in [0.1, 0.15) is 0 Å². The molecule has 0 heterocycles. The molecule has 0 aliphatic heterocycles. The molecule has 0 saturated carbocycles. The van der Waals surface area contributed by atoms with Gasteiger partial charge in [-0.15, -0.1) is 0 Å². The smallest absolute Gasteiger partial charge is 0.220 e. The van der Waals surface area contributed by atoms with Gasteiger partial charge in [0.15, 0.2) is 5.78 Å². The number of hydrogen-bond acceptors (Lipinski definition) is 2. The lowest BCUT2D eigenvalue weighted by molar-refractivity contribution is -0.121. The molecule has 0 aromatic heterocycles. The minimum Gasteiger partial charge on any atom is -0.354 e. The van der Waals surface area contributed by atoms with Crippen LogP contribution in [0.5, 0.6) is 0 Å². The highest BCUT2D eigenvalue weighted by molar-refractivity contribution is 5.89. The summed E-state index contributed by atoms with van der Waals surface area (Å²) in [5.74, 6) is 0.109. The van der Waals surface area contributed by atoms with Crippen LogP contribution < -0.4 is 5.32 Å². The van der Waals surface area contributed by atoms with Crippen LogP contribution in [0.1, 0.15) is 40.0 Å². The summed E-state index contributed by atoms with van der Waals surface area (Å²) < 4.78 is 0. The van der Waals surface area contributed by atoms with E-state index in [1.807, 2.05) is 20.8 Å². The number of hydrogen-bond donors (Lipinski definition) is 1. The molecule has 0 unspecified atom stereocenters. The van der Waals surface area contributed by atoms with E-state index in [2.05, 4.69) is 5.32 Å². The summed E-state index contributed by atoms with van der Waals surface area (Å²) in [7, 11) is 0. The van der Waals surface area contributed by atoms with E-state index in [1.165, 1.54) is 0 Å². The number of carbonyl (C=O) groups excluding carboxylic acids is 2. The molecule has 14 heavy (non-hydrogen) atoms. The third-order valence-corrected chi connectivity index (χ3v) is 1.63. The van der Waals surface area contributed by atoms with Crippen molar-refractivity contribution in [3.05, 3.63) is 12.2 Å². The predicted molar refractivity (Wildman–Crippen MR) is 57.0 cm³/mol. The second-order valence-corrected chi connectivity index (χ2v) is 3.54. The normalized spacial score (nSPS) is 10.9. The highest BCUT2D eigenvalue weighted by Crippen LogP contribution is 1.98. The lowest BCUT2D eigenvalue weighted by atomic mass is 10.1. The van der Waals surface area contributed by atoms with Crippen molar-refractivity contribution in [1.82, 2.24) is 5.32 Å². The third kappa shape index (κ3) is 7.53. The first kappa shape index (κ1) is 12.9. The largest absolute Gasteiger partial charge is 0.354 e. The van der Waals surface area contributed by atoms with Crippen molar-refractivity contribution in [3.63, 3.8) is 0 Å². The van der Waals surface area contributed by atoms with Gasteiger partial charge in [0.25, 0.3) is 0 Å². The van der Waals surface area contributed by atoms with E-state index < -0.39 is 0 Å². The first-order valence-electron chi connectivity index (χ1n) is 5.01. The van der Waals surface area contributed by atoms with Crippen molar-refractivity contribution in [1.29, 1.82) is 0 Å². The van der Waals surface area contributed by atoms with Crippen LogP contribution in [0.2, 0.25) is 0 Å². The Morgan fingerprint density at radius 3 is 2.43 bits per heavy atom. The van der Waals surface area contributed by atoms with Crippen LogP contribution >= 0.6 is 0 Å². The Hall–Kier alpha value is -1.12. The fourth-order valence-electron chi connectivity index (χ4n) is 1.09. The van der Waals surface area contributed by atoms with Crippen LogP contribution in [0.4, 0.5) is 0 Å². The maximum Gasteiger partial charge on any atom is 0.220 e. The van der Waals surface area contributed by atoms with Crippen molar-refractivity contribution >= 4 is 11.7 Å². The van der Waals surface area contributed by atoms with E-state index in [9.17, 15) is 9.59 Å². The number of amides is 1. The molecule has 0 aromatic carbocycles. The fourth-order valence-corrected chi connectivity index (χ4v) is 1.09. The fraction of sp³-hybridized carbons (Fsp3) is 0.636. The van der Waals surface area contributed by atoms with E-state index in [4.69, 9.17) is 0 Å². The van der Waals surface area contributed by atoms with Crippen molar-refractivity contribution in [2.24, 2.45) is 0 Å².